The van der Waals surface area contributed by atoms with Crippen LogP contribution in [0.25, 0.3) is 0 Å². The maximum atomic E-state index is 11.7. The number of pyridine rings is 1. The summed E-state index contributed by atoms with van der Waals surface area (Å²) in [5, 5.41) is 2.76. The number of amides is 1. The molecule has 1 atom stereocenters. The van der Waals surface area contributed by atoms with Crippen LogP contribution in [0.15, 0.2) is 22.9 Å². The second kappa shape index (κ2) is 6.54. The van der Waals surface area contributed by atoms with Crippen LogP contribution in [0.1, 0.15) is 33.3 Å². The van der Waals surface area contributed by atoms with E-state index in [9.17, 15) is 4.79 Å². The number of hydrogen-bond acceptors (Lipinski definition) is 4. The molecule has 0 aromatic carbocycles. The Balaban J connectivity index is 2.71. The van der Waals surface area contributed by atoms with Crippen LogP contribution in [0, 0.1) is 0 Å². The van der Waals surface area contributed by atoms with E-state index in [-0.39, 0.29) is 5.41 Å². The molecule has 0 aliphatic heterocycles. The van der Waals surface area contributed by atoms with E-state index in [1.807, 2.05) is 39.8 Å². The second-order valence-electron chi connectivity index (χ2n) is 5.99. The van der Waals surface area contributed by atoms with Crippen molar-refractivity contribution in [3.05, 3.63) is 28.5 Å². The largest absolute Gasteiger partial charge is 0.444 e. The molecule has 1 heterocycles. The molecule has 1 rings (SSSR count). The van der Waals surface area contributed by atoms with E-state index < -0.39 is 11.7 Å². The number of nitrogens with two attached hydrogens (primary N) is 1. The van der Waals surface area contributed by atoms with Gasteiger partial charge in [-0.05, 0) is 48.3 Å². The van der Waals surface area contributed by atoms with E-state index in [4.69, 9.17) is 10.5 Å². The molecule has 1 unspecified atom stereocenters. The van der Waals surface area contributed by atoms with Crippen molar-refractivity contribution in [1.82, 2.24) is 10.3 Å². The fraction of sp³-hybridized carbons (Fsp3) is 0.571. The summed E-state index contributed by atoms with van der Waals surface area (Å²) in [6.07, 6.45) is 1.32. The van der Waals surface area contributed by atoms with E-state index in [2.05, 4.69) is 26.2 Å². The molecule has 6 heteroatoms. The summed E-state index contributed by atoms with van der Waals surface area (Å²) in [6.45, 7) is 8.25. The van der Waals surface area contributed by atoms with Crippen molar-refractivity contribution in [1.29, 1.82) is 0 Å². The van der Waals surface area contributed by atoms with Gasteiger partial charge in [-0.3, -0.25) is 0 Å². The number of rotatable bonds is 4. The highest BCUT2D eigenvalue weighted by Gasteiger charge is 2.27. The normalized spacial score (nSPS) is 14.5. The van der Waals surface area contributed by atoms with Crippen LogP contribution in [0.4, 0.5) is 4.79 Å². The first-order chi connectivity index (χ1) is 9.16. The average Bonchev–Trinajstić information content (AvgIpc) is 2.35. The zero-order valence-electron chi connectivity index (χ0n) is 12.4. The summed E-state index contributed by atoms with van der Waals surface area (Å²) in [5.41, 5.74) is 5.93. The quantitative estimate of drug-likeness (QED) is 0.823. The monoisotopic (exact) mass is 343 g/mol. The molecule has 0 saturated carbocycles. The predicted molar refractivity (Wildman–Crippen MR) is 82.6 cm³/mol. The second-order valence-corrected chi connectivity index (χ2v) is 6.80. The van der Waals surface area contributed by atoms with E-state index in [1.54, 1.807) is 6.20 Å². The lowest BCUT2D eigenvalue weighted by atomic mass is 9.83. The standard InChI is InChI=1S/C14H22BrN3O2/c1-13(2,3)20-12(19)18-9-14(4,8-16)10-5-6-11(15)17-7-10/h5-7H,8-9,16H2,1-4H3,(H,18,19). The number of halogens is 1. The molecule has 20 heavy (non-hydrogen) atoms. The molecule has 0 saturated heterocycles. The van der Waals surface area contributed by atoms with Crippen LogP contribution in [0.3, 0.4) is 0 Å². The molecule has 0 aliphatic carbocycles. The van der Waals surface area contributed by atoms with Crippen molar-refractivity contribution in [2.24, 2.45) is 5.73 Å². The van der Waals surface area contributed by atoms with Gasteiger partial charge >= 0.3 is 6.09 Å². The molecular formula is C14H22BrN3O2. The maximum absolute atomic E-state index is 11.7. The number of ether oxygens (including phenoxy) is 1. The number of hydrogen-bond donors (Lipinski definition) is 2. The first kappa shape index (κ1) is 16.9. The van der Waals surface area contributed by atoms with Gasteiger partial charge in [0.25, 0.3) is 0 Å². The Morgan fingerprint density at radius 2 is 2.05 bits per heavy atom. The molecular weight excluding hydrogens is 322 g/mol. The van der Waals surface area contributed by atoms with Gasteiger partial charge in [0, 0.05) is 24.7 Å². The SMILES string of the molecule is CC(C)(C)OC(=O)NCC(C)(CN)c1ccc(Br)nc1. The topological polar surface area (TPSA) is 77.2 Å². The molecule has 0 spiro atoms. The summed E-state index contributed by atoms with van der Waals surface area (Å²) in [5.74, 6) is 0. The molecule has 0 aliphatic rings. The minimum atomic E-state index is -0.512. The van der Waals surface area contributed by atoms with Gasteiger partial charge in [-0.15, -0.1) is 0 Å². The van der Waals surface area contributed by atoms with Crippen molar-refractivity contribution in [3.63, 3.8) is 0 Å². The fourth-order valence-electron chi connectivity index (χ4n) is 1.61. The van der Waals surface area contributed by atoms with Crippen molar-refractivity contribution in [2.45, 2.75) is 38.7 Å². The third-order valence-electron chi connectivity index (χ3n) is 2.90. The molecule has 3 N–H and O–H groups in total. The molecule has 0 bridgehead atoms. The number of aromatic nitrogens is 1. The third kappa shape index (κ3) is 5.09. The summed E-state index contributed by atoms with van der Waals surface area (Å²) in [4.78, 5) is 15.9. The van der Waals surface area contributed by atoms with Crippen molar-refractivity contribution in [3.8, 4) is 0 Å². The third-order valence-corrected chi connectivity index (χ3v) is 3.37. The van der Waals surface area contributed by atoms with Gasteiger partial charge in [-0.25, -0.2) is 9.78 Å². The molecule has 1 aromatic rings. The van der Waals surface area contributed by atoms with Gasteiger partial charge < -0.3 is 15.8 Å². The summed E-state index contributed by atoms with van der Waals surface area (Å²) in [7, 11) is 0. The van der Waals surface area contributed by atoms with Crippen LogP contribution >= 0.6 is 15.9 Å². The zero-order chi connectivity index (χ0) is 15.4. The summed E-state index contributed by atoms with van der Waals surface area (Å²) >= 11 is 3.30. The maximum Gasteiger partial charge on any atom is 0.407 e. The lowest BCUT2D eigenvalue weighted by Crippen LogP contribution is -2.45. The van der Waals surface area contributed by atoms with Crippen molar-refractivity contribution >= 4 is 22.0 Å². The van der Waals surface area contributed by atoms with E-state index in [1.165, 1.54) is 0 Å². The number of carbonyl (C=O) groups excluding carboxylic acids is 1. The Labute approximate surface area is 128 Å². The highest BCUT2D eigenvalue weighted by molar-refractivity contribution is 9.10. The van der Waals surface area contributed by atoms with Crippen LogP contribution < -0.4 is 11.1 Å². The molecule has 1 aromatic heterocycles. The first-order valence-corrected chi connectivity index (χ1v) is 7.24. The lowest BCUT2D eigenvalue weighted by Gasteiger charge is -2.29. The van der Waals surface area contributed by atoms with E-state index in [0.717, 1.165) is 10.2 Å². The Kier molecular flexibility index (Phi) is 5.53. The Bertz CT molecular complexity index is 456. The number of alkyl carbamates (subject to hydrolysis) is 1. The smallest absolute Gasteiger partial charge is 0.407 e. The Morgan fingerprint density at radius 1 is 1.40 bits per heavy atom. The van der Waals surface area contributed by atoms with Gasteiger partial charge in [0.05, 0.1) is 0 Å². The predicted octanol–water partition coefficient (Wildman–Crippen LogP) is 2.59. The van der Waals surface area contributed by atoms with Crippen LogP contribution in [0.2, 0.25) is 0 Å². The van der Waals surface area contributed by atoms with Crippen LogP contribution in [0.5, 0.6) is 0 Å². The van der Waals surface area contributed by atoms with Gasteiger partial charge in [0.15, 0.2) is 0 Å². The Hall–Kier alpha value is -1.14. The van der Waals surface area contributed by atoms with Gasteiger partial charge in [0.2, 0.25) is 0 Å². The van der Waals surface area contributed by atoms with Gasteiger partial charge in [0.1, 0.15) is 10.2 Å². The lowest BCUT2D eigenvalue weighted by molar-refractivity contribution is 0.0516. The minimum Gasteiger partial charge on any atom is -0.444 e. The fourth-order valence-corrected chi connectivity index (χ4v) is 1.84. The highest BCUT2D eigenvalue weighted by Crippen LogP contribution is 2.22. The van der Waals surface area contributed by atoms with Crippen molar-refractivity contribution in [2.75, 3.05) is 13.1 Å². The van der Waals surface area contributed by atoms with Crippen LogP contribution in [-0.4, -0.2) is 29.8 Å². The number of nitrogens with zero attached hydrogens (tertiary/aromatic N) is 1. The summed E-state index contributed by atoms with van der Waals surface area (Å²) in [6, 6.07) is 3.80. The number of nitrogens with one attached hydrogen (secondary N) is 1. The molecule has 112 valence electrons. The first-order valence-electron chi connectivity index (χ1n) is 6.45. The zero-order valence-corrected chi connectivity index (χ0v) is 14.0. The number of carbonyl (C=O) groups is 1. The molecule has 5 nitrogen and oxygen atoms in total. The van der Waals surface area contributed by atoms with Gasteiger partial charge in [-0.2, -0.15) is 0 Å². The average molecular weight is 344 g/mol. The molecule has 0 radical (unpaired) electrons. The van der Waals surface area contributed by atoms with Gasteiger partial charge in [-0.1, -0.05) is 13.0 Å². The van der Waals surface area contributed by atoms with E-state index in [0.29, 0.717) is 13.1 Å². The molecule has 0 fully saturated rings. The van der Waals surface area contributed by atoms with Crippen molar-refractivity contribution < 1.29 is 9.53 Å². The minimum absolute atomic E-state index is 0.384. The van der Waals surface area contributed by atoms with E-state index >= 15 is 0 Å². The summed E-state index contributed by atoms with van der Waals surface area (Å²) < 4.78 is 5.98. The Morgan fingerprint density at radius 3 is 2.50 bits per heavy atom. The highest BCUT2D eigenvalue weighted by atomic mass is 79.9. The molecule has 1 amide bonds. The van der Waals surface area contributed by atoms with Crippen LogP contribution in [-0.2, 0) is 10.2 Å².